The van der Waals surface area contributed by atoms with Gasteiger partial charge in [0.1, 0.15) is 6.61 Å². The lowest BCUT2D eigenvalue weighted by molar-refractivity contribution is -0.117. The van der Waals surface area contributed by atoms with E-state index in [0.717, 1.165) is 72.3 Å². The summed E-state index contributed by atoms with van der Waals surface area (Å²) in [5.74, 6) is 1.18. The number of allylic oxidation sites excluding steroid dienone is 4. The summed E-state index contributed by atoms with van der Waals surface area (Å²) >= 11 is 0. The average Bonchev–Trinajstić information content (AvgIpc) is 2.92. The summed E-state index contributed by atoms with van der Waals surface area (Å²) in [4.78, 5) is 29.2. The molecule has 0 radical (unpaired) electrons. The third-order valence-corrected chi connectivity index (χ3v) is 7.81. The van der Waals surface area contributed by atoms with Crippen LogP contribution >= 0.6 is 0 Å². The zero-order valence-electron chi connectivity index (χ0n) is 22.7. The van der Waals surface area contributed by atoms with Gasteiger partial charge in [0, 0.05) is 61.6 Å². The molecule has 0 bridgehead atoms. The predicted octanol–water partition coefficient (Wildman–Crippen LogP) is 6.03. The molecule has 2 aromatic carbocycles. The van der Waals surface area contributed by atoms with Gasteiger partial charge in [-0.2, -0.15) is 0 Å². The molecule has 0 amide bonds. The van der Waals surface area contributed by atoms with E-state index in [0.29, 0.717) is 37.6 Å². The summed E-state index contributed by atoms with van der Waals surface area (Å²) in [7, 11) is 3.33. The van der Waals surface area contributed by atoms with Crippen LogP contribution in [0.5, 0.6) is 11.5 Å². The van der Waals surface area contributed by atoms with Gasteiger partial charge < -0.3 is 19.1 Å². The van der Waals surface area contributed by atoms with Crippen LogP contribution in [0, 0.1) is 6.92 Å². The second-order valence-corrected chi connectivity index (χ2v) is 10.4. The molecule has 2 aromatic rings. The van der Waals surface area contributed by atoms with E-state index < -0.39 is 0 Å². The van der Waals surface area contributed by atoms with Crippen LogP contribution in [0.2, 0.25) is 0 Å². The highest BCUT2D eigenvalue weighted by molar-refractivity contribution is 6.06. The quantitative estimate of drug-likeness (QED) is 0.380. The summed E-state index contributed by atoms with van der Waals surface area (Å²) in [6, 6.07) is 14.1. The van der Waals surface area contributed by atoms with E-state index in [2.05, 4.69) is 24.0 Å². The second-order valence-electron chi connectivity index (χ2n) is 10.4. The van der Waals surface area contributed by atoms with Crippen LogP contribution < -0.4 is 9.47 Å². The summed E-state index contributed by atoms with van der Waals surface area (Å²) < 4.78 is 17.2. The highest BCUT2D eigenvalue weighted by Crippen LogP contribution is 2.50. The van der Waals surface area contributed by atoms with Crippen LogP contribution in [-0.2, 0) is 20.9 Å². The van der Waals surface area contributed by atoms with Gasteiger partial charge in [-0.25, -0.2) is 0 Å². The minimum atomic E-state index is -0.362. The molecule has 6 heteroatoms. The molecule has 0 saturated carbocycles. The molecule has 200 valence electrons. The maximum Gasteiger partial charge on any atom is 0.161 e. The highest BCUT2D eigenvalue weighted by Gasteiger charge is 2.43. The molecule has 0 spiro atoms. The van der Waals surface area contributed by atoms with Crippen molar-refractivity contribution in [3.05, 3.63) is 81.7 Å². The number of hydrogen-bond donors (Lipinski definition) is 0. The third-order valence-electron chi connectivity index (χ3n) is 7.81. The molecular formula is C32H37NO5. The van der Waals surface area contributed by atoms with Crippen molar-refractivity contribution in [3.8, 4) is 11.5 Å². The monoisotopic (exact) mass is 515 g/mol. The lowest BCUT2D eigenvalue weighted by Gasteiger charge is -2.44. The van der Waals surface area contributed by atoms with E-state index in [-0.39, 0.29) is 17.5 Å². The summed E-state index contributed by atoms with van der Waals surface area (Å²) in [6.45, 7) is 3.90. The minimum Gasteiger partial charge on any atom is -0.493 e. The number of ketones is 2. The normalized spacial score (nSPS) is 18.0. The first-order chi connectivity index (χ1) is 18.5. The first kappa shape index (κ1) is 26.2. The van der Waals surface area contributed by atoms with Gasteiger partial charge in [0.05, 0.1) is 7.11 Å². The number of nitrogens with zero attached hydrogens (tertiary/aromatic N) is 1. The van der Waals surface area contributed by atoms with Gasteiger partial charge in [-0.1, -0.05) is 35.9 Å². The molecule has 0 unspecified atom stereocenters. The zero-order valence-corrected chi connectivity index (χ0v) is 22.7. The summed E-state index contributed by atoms with van der Waals surface area (Å²) in [5.41, 5.74) is 6.94. The predicted molar refractivity (Wildman–Crippen MR) is 146 cm³/mol. The number of carbonyl (C=O) groups excluding carboxylic acids is 2. The summed E-state index contributed by atoms with van der Waals surface area (Å²) in [5, 5.41) is 0. The van der Waals surface area contributed by atoms with Gasteiger partial charge in [-0.3, -0.25) is 9.59 Å². The van der Waals surface area contributed by atoms with Gasteiger partial charge in [-0.15, -0.1) is 0 Å². The number of ether oxygens (including phenoxy) is 3. The Morgan fingerprint density at radius 2 is 1.58 bits per heavy atom. The van der Waals surface area contributed by atoms with Crippen molar-refractivity contribution in [2.45, 2.75) is 64.4 Å². The Kier molecular flexibility index (Phi) is 7.98. The van der Waals surface area contributed by atoms with Crippen LogP contribution in [0.25, 0.3) is 0 Å². The fraction of sp³-hybridized carbons (Fsp3) is 0.438. The van der Waals surface area contributed by atoms with Crippen molar-refractivity contribution in [2.24, 2.45) is 0 Å². The van der Waals surface area contributed by atoms with Gasteiger partial charge >= 0.3 is 0 Å². The number of rotatable bonds is 9. The molecule has 38 heavy (non-hydrogen) atoms. The zero-order chi connectivity index (χ0) is 26.6. The largest absolute Gasteiger partial charge is 0.493 e. The molecule has 0 aromatic heterocycles. The smallest absolute Gasteiger partial charge is 0.161 e. The molecule has 1 aliphatic heterocycles. The van der Waals surface area contributed by atoms with Gasteiger partial charge in [0.2, 0.25) is 0 Å². The maximum absolute atomic E-state index is 13.5. The van der Waals surface area contributed by atoms with E-state index in [9.17, 15) is 9.59 Å². The third kappa shape index (κ3) is 5.14. The van der Waals surface area contributed by atoms with Crippen molar-refractivity contribution in [2.75, 3.05) is 27.4 Å². The van der Waals surface area contributed by atoms with Gasteiger partial charge in [-0.05, 0) is 62.3 Å². The number of aryl methyl sites for hydroxylation is 1. The Bertz CT molecular complexity index is 1250. The van der Waals surface area contributed by atoms with Crippen LogP contribution in [0.15, 0.2) is 65.0 Å². The molecule has 2 aliphatic carbocycles. The Balaban J connectivity index is 1.53. The van der Waals surface area contributed by atoms with E-state index in [1.165, 1.54) is 5.56 Å². The number of methoxy groups -OCH3 is 2. The van der Waals surface area contributed by atoms with Crippen molar-refractivity contribution >= 4 is 11.6 Å². The van der Waals surface area contributed by atoms with Crippen molar-refractivity contribution < 1.29 is 23.8 Å². The van der Waals surface area contributed by atoms with Crippen LogP contribution in [0.3, 0.4) is 0 Å². The molecule has 0 saturated heterocycles. The molecular weight excluding hydrogens is 478 g/mol. The SMILES string of the molecule is COCCCN1C2=C(C(=O)CCC2)C(c2ccc(OCc3cccc(C)c3)c(OC)c2)C2=C1CCCC2=O. The molecule has 1 heterocycles. The van der Waals surface area contributed by atoms with Crippen LogP contribution in [0.1, 0.15) is 67.6 Å². The lowest BCUT2D eigenvalue weighted by Crippen LogP contribution is -2.39. The topological polar surface area (TPSA) is 65.1 Å². The van der Waals surface area contributed by atoms with Gasteiger partial charge in [0.15, 0.2) is 23.1 Å². The molecule has 5 rings (SSSR count). The molecule has 0 N–H and O–H groups in total. The molecule has 3 aliphatic rings. The standard InChI is InChI=1S/C32H37NO5/c1-21-8-4-9-22(18-21)20-38-28-15-14-23(19-29(28)37-3)30-31-24(10-5-12-26(31)34)33(16-7-17-36-2)25-11-6-13-27(35)32(25)30/h4,8-9,14-15,18-19,30H,5-7,10-13,16-17,20H2,1-3H3. The van der Waals surface area contributed by atoms with Crippen molar-refractivity contribution in [1.29, 1.82) is 0 Å². The summed E-state index contributed by atoms with van der Waals surface area (Å²) in [6.07, 6.45) is 5.28. The van der Waals surface area contributed by atoms with Crippen molar-refractivity contribution in [1.82, 2.24) is 4.90 Å². The highest BCUT2D eigenvalue weighted by atomic mass is 16.5. The van der Waals surface area contributed by atoms with E-state index in [4.69, 9.17) is 14.2 Å². The Morgan fingerprint density at radius 3 is 2.21 bits per heavy atom. The van der Waals surface area contributed by atoms with Crippen LogP contribution in [0.4, 0.5) is 0 Å². The first-order valence-electron chi connectivity index (χ1n) is 13.7. The Hall–Kier alpha value is -3.38. The first-order valence-corrected chi connectivity index (χ1v) is 13.7. The second kappa shape index (κ2) is 11.6. The fourth-order valence-corrected chi connectivity index (χ4v) is 6.13. The fourth-order valence-electron chi connectivity index (χ4n) is 6.13. The average molecular weight is 516 g/mol. The number of Topliss-reactive ketones (excluding diaryl/α,β-unsaturated/α-hetero) is 2. The minimum absolute atomic E-state index is 0.150. The van der Waals surface area contributed by atoms with E-state index in [1.54, 1.807) is 14.2 Å². The van der Waals surface area contributed by atoms with Crippen LogP contribution in [-0.4, -0.2) is 43.8 Å². The van der Waals surface area contributed by atoms with E-state index in [1.807, 2.05) is 30.3 Å². The lowest BCUT2D eigenvalue weighted by atomic mass is 9.71. The maximum atomic E-state index is 13.5. The number of benzene rings is 2. The molecule has 6 nitrogen and oxygen atoms in total. The number of hydrogen-bond acceptors (Lipinski definition) is 6. The van der Waals surface area contributed by atoms with Crippen molar-refractivity contribution in [3.63, 3.8) is 0 Å². The van der Waals surface area contributed by atoms with Gasteiger partial charge in [0.25, 0.3) is 0 Å². The molecule has 0 atom stereocenters. The Morgan fingerprint density at radius 1 is 0.868 bits per heavy atom. The molecule has 0 fully saturated rings. The Labute approximate surface area is 225 Å². The number of carbonyl (C=O) groups is 2. The van der Waals surface area contributed by atoms with E-state index >= 15 is 0 Å².